The predicted molar refractivity (Wildman–Crippen MR) is 124 cm³/mol. The molecule has 1 N–H and O–H groups in total. The SMILES string of the molecule is CCOP(=O)(CC[C@H]1O/C(=N/O)[C@@H](OCc2ccccc2)[C@@H]1OCc1ccccc1)OCC. The monoisotopic (exact) mass is 477 g/mol. The zero-order chi connectivity index (χ0) is 23.5. The van der Waals surface area contributed by atoms with Crippen molar-refractivity contribution < 1.29 is 33.0 Å². The molecule has 180 valence electrons. The molecular weight excluding hydrogens is 445 g/mol. The summed E-state index contributed by atoms with van der Waals surface area (Å²) in [7, 11) is -3.27. The second-order valence-corrected chi connectivity index (χ2v) is 9.72. The lowest BCUT2D eigenvalue weighted by molar-refractivity contribution is -0.0712. The van der Waals surface area contributed by atoms with Gasteiger partial charge in [-0.2, -0.15) is 0 Å². The summed E-state index contributed by atoms with van der Waals surface area (Å²) in [6, 6.07) is 19.4. The lowest BCUT2D eigenvalue weighted by Crippen LogP contribution is -2.36. The first kappa shape index (κ1) is 25.4. The maximum Gasteiger partial charge on any atom is 0.330 e. The van der Waals surface area contributed by atoms with Gasteiger partial charge < -0.3 is 28.5 Å². The number of benzene rings is 2. The first-order valence-electron chi connectivity index (χ1n) is 11.2. The number of hydrogen-bond acceptors (Lipinski definition) is 8. The molecule has 0 aliphatic carbocycles. The van der Waals surface area contributed by atoms with Crippen molar-refractivity contribution >= 4 is 13.5 Å². The standard InChI is InChI=1S/C24H32NO7P/c1-3-30-33(27,31-4-2)16-15-21-22(28-17-19-11-7-5-8-12-19)23(24(25-26)32-21)29-18-20-13-9-6-10-14-20/h5-14,21-23,26H,3-4,15-18H2,1-2H3/b25-24+/t21-,22-,23+/m1/s1. The molecule has 2 aromatic rings. The van der Waals surface area contributed by atoms with Gasteiger partial charge in [-0.1, -0.05) is 65.8 Å². The highest BCUT2D eigenvalue weighted by Gasteiger charge is 2.46. The Morgan fingerprint density at radius 3 is 1.97 bits per heavy atom. The van der Waals surface area contributed by atoms with E-state index in [9.17, 15) is 9.77 Å². The lowest BCUT2D eigenvalue weighted by atomic mass is 10.1. The van der Waals surface area contributed by atoms with Crippen LogP contribution in [-0.2, 0) is 41.0 Å². The zero-order valence-electron chi connectivity index (χ0n) is 19.0. The Balaban J connectivity index is 1.75. The highest BCUT2D eigenvalue weighted by atomic mass is 31.2. The summed E-state index contributed by atoms with van der Waals surface area (Å²) in [5.41, 5.74) is 1.96. The van der Waals surface area contributed by atoms with Crippen LogP contribution in [0.1, 0.15) is 31.4 Å². The molecule has 9 heteroatoms. The highest BCUT2D eigenvalue weighted by molar-refractivity contribution is 7.53. The van der Waals surface area contributed by atoms with E-state index in [4.69, 9.17) is 23.3 Å². The minimum atomic E-state index is -3.27. The molecule has 0 amide bonds. The van der Waals surface area contributed by atoms with Crippen LogP contribution in [0.25, 0.3) is 0 Å². The average molecular weight is 477 g/mol. The van der Waals surface area contributed by atoms with Gasteiger partial charge in [0.25, 0.3) is 5.90 Å². The summed E-state index contributed by atoms with van der Waals surface area (Å²) >= 11 is 0. The summed E-state index contributed by atoms with van der Waals surface area (Å²) in [5.74, 6) is 0.0386. The molecular formula is C24H32NO7P. The second-order valence-electron chi connectivity index (χ2n) is 7.53. The van der Waals surface area contributed by atoms with Gasteiger partial charge in [0, 0.05) is 0 Å². The van der Waals surface area contributed by atoms with Crippen molar-refractivity contribution in [1.82, 2.24) is 0 Å². The molecule has 0 radical (unpaired) electrons. The van der Waals surface area contributed by atoms with Gasteiger partial charge in [-0.05, 0) is 31.4 Å². The van der Waals surface area contributed by atoms with E-state index in [1.54, 1.807) is 13.8 Å². The van der Waals surface area contributed by atoms with Crippen LogP contribution in [0, 0.1) is 0 Å². The van der Waals surface area contributed by atoms with Crippen LogP contribution < -0.4 is 0 Å². The van der Waals surface area contributed by atoms with Crippen LogP contribution >= 0.6 is 7.60 Å². The van der Waals surface area contributed by atoms with Gasteiger partial charge in [0.05, 0.1) is 32.6 Å². The van der Waals surface area contributed by atoms with Crippen LogP contribution in [0.15, 0.2) is 65.8 Å². The van der Waals surface area contributed by atoms with Crippen LogP contribution in [0.4, 0.5) is 0 Å². The Kier molecular flexibility index (Phi) is 9.91. The predicted octanol–water partition coefficient (Wildman–Crippen LogP) is 5.00. The number of oxime groups is 1. The summed E-state index contributed by atoms with van der Waals surface area (Å²) in [6.07, 6.45) is -1.37. The second kappa shape index (κ2) is 12.9. The van der Waals surface area contributed by atoms with Crippen molar-refractivity contribution in [2.24, 2.45) is 5.16 Å². The Bertz CT molecular complexity index is 900. The van der Waals surface area contributed by atoms with Crippen molar-refractivity contribution in [3.8, 4) is 0 Å². The first-order valence-corrected chi connectivity index (χ1v) is 12.9. The van der Waals surface area contributed by atoms with E-state index in [1.807, 2.05) is 60.7 Å². The Labute approximate surface area is 195 Å². The molecule has 3 atom stereocenters. The van der Waals surface area contributed by atoms with Crippen LogP contribution in [0.5, 0.6) is 0 Å². The molecule has 8 nitrogen and oxygen atoms in total. The smallest absolute Gasteiger partial charge is 0.330 e. The van der Waals surface area contributed by atoms with E-state index < -0.39 is 25.9 Å². The molecule has 0 aromatic heterocycles. The van der Waals surface area contributed by atoms with E-state index in [2.05, 4.69) is 5.16 Å². The maximum absolute atomic E-state index is 12.9. The molecule has 1 heterocycles. The minimum absolute atomic E-state index is 0.0386. The Morgan fingerprint density at radius 2 is 1.45 bits per heavy atom. The van der Waals surface area contributed by atoms with Crippen molar-refractivity contribution in [3.63, 3.8) is 0 Å². The number of rotatable bonds is 13. The van der Waals surface area contributed by atoms with E-state index in [0.29, 0.717) is 19.6 Å². The van der Waals surface area contributed by atoms with Gasteiger partial charge in [-0.25, -0.2) is 0 Å². The molecule has 1 aliphatic heterocycles. The summed E-state index contributed by atoms with van der Waals surface area (Å²) in [4.78, 5) is 0. The van der Waals surface area contributed by atoms with Gasteiger partial charge >= 0.3 is 7.60 Å². The molecule has 0 unspecified atom stereocenters. The van der Waals surface area contributed by atoms with E-state index in [-0.39, 0.29) is 25.3 Å². The number of ether oxygens (including phenoxy) is 3. The van der Waals surface area contributed by atoms with Crippen molar-refractivity contribution in [1.29, 1.82) is 0 Å². The van der Waals surface area contributed by atoms with Crippen molar-refractivity contribution in [2.45, 2.75) is 51.8 Å². The average Bonchev–Trinajstić information content (AvgIpc) is 3.18. The van der Waals surface area contributed by atoms with Gasteiger partial charge in [-0.3, -0.25) is 4.57 Å². The lowest BCUT2D eigenvalue weighted by Gasteiger charge is -2.24. The fourth-order valence-electron chi connectivity index (χ4n) is 3.66. The highest BCUT2D eigenvalue weighted by Crippen LogP contribution is 2.49. The third kappa shape index (κ3) is 7.39. The van der Waals surface area contributed by atoms with Crippen LogP contribution in [0.3, 0.4) is 0 Å². The zero-order valence-corrected chi connectivity index (χ0v) is 19.9. The van der Waals surface area contributed by atoms with Gasteiger partial charge in [0.2, 0.25) is 0 Å². The molecule has 2 aromatic carbocycles. The van der Waals surface area contributed by atoms with E-state index >= 15 is 0 Å². The topological polar surface area (TPSA) is 95.8 Å². The number of hydrogen-bond donors (Lipinski definition) is 1. The van der Waals surface area contributed by atoms with Crippen LogP contribution in [0.2, 0.25) is 0 Å². The Hall–Kier alpha value is -2.22. The van der Waals surface area contributed by atoms with Crippen molar-refractivity contribution in [2.75, 3.05) is 19.4 Å². The fraction of sp³-hybridized carbons (Fsp3) is 0.458. The van der Waals surface area contributed by atoms with Crippen LogP contribution in [-0.4, -0.2) is 48.8 Å². The van der Waals surface area contributed by atoms with Gasteiger partial charge in [0.1, 0.15) is 12.2 Å². The minimum Gasteiger partial charge on any atom is -0.470 e. The molecule has 1 saturated heterocycles. The molecule has 0 bridgehead atoms. The Morgan fingerprint density at radius 1 is 0.909 bits per heavy atom. The van der Waals surface area contributed by atoms with Gasteiger partial charge in [-0.15, -0.1) is 0 Å². The third-order valence-electron chi connectivity index (χ3n) is 5.18. The molecule has 1 aliphatic rings. The molecule has 0 spiro atoms. The van der Waals surface area contributed by atoms with E-state index in [0.717, 1.165) is 11.1 Å². The van der Waals surface area contributed by atoms with E-state index in [1.165, 1.54) is 0 Å². The first-order chi connectivity index (χ1) is 16.1. The summed E-state index contributed by atoms with van der Waals surface area (Å²) in [6.45, 7) is 4.72. The summed E-state index contributed by atoms with van der Waals surface area (Å²) in [5, 5.41) is 12.9. The molecule has 3 rings (SSSR count). The third-order valence-corrected chi connectivity index (χ3v) is 7.28. The summed E-state index contributed by atoms with van der Waals surface area (Å²) < 4.78 is 41.9. The molecule has 0 saturated carbocycles. The van der Waals surface area contributed by atoms with Gasteiger partial charge in [0.15, 0.2) is 6.10 Å². The normalized spacial score (nSPS) is 21.9. The fourth-order valence-corrected chi connectivity index (χ4v) is 5.35. The quantitative estimate of drug-likeness (QED) is 0.246. The molecule has 1 fully saturated rings. The number of nitrogens with zero attached hydrogens (tertiary/aromatic N) is 1. The maximum atomic E-state index is 12.9. The largest absolute Gasteiger partial charge is 0.470 e. The molecule has 33 heavy (non-hydrogen) atoms. The van der Waals surface area contributed by atoms with Crippen molar-refractivity contribution in [3.05, 3.63) is 71.8 Å².